The summed E-state index contributed by atoms with van der Waals surface area (Å²) in [7, 11) is 0. The van der Waals surface area contributed by atoms with E-state index in [1.807, 2.05) is 0 Å². The number of aromatic nitrogens is 4. The van der Waals surface area contributed by atoms with Gasteiger partial charge in [0.05, 0.1) is 23.1 Å². The number of nitrogens with zero attached hydrogens (tertiary/aromatic N) is 4. The first-order valence-electron chi connectivity index (χ1n) is 8.20. The molecule has 0 aliphatic heterocycles. The van der Waals surface area contributed by atoms with Crippen LogP contribution in [0.5, 0.6) is 0 Å². The summed E-state index contributed by atoms with van der Waals surface area (Å²) >= 11 is 0. The SMILES string of the molecule is Cc1cnc(Nc2cnn([C@H](C)C(F)(F)F)c2)nc1-c1ccc(C(=O)O)cc1. The minimum Gasteiger partial charge on any atom is -0.478 e. The lowest BCUT2D eigenvalue weighted by Gasteiger charge is -2.15. The summed E-state index contributed by atoms with van der Waals surface area (Å²) in [5, 5.41) is 15.5. The van der Waals surface area contributed by atoms with Crippen molar-refractivity contribution in [2.24, 2.45) is 0 Å². The maximum absolute atomic E-state index is 12.8. The molecule has 0 aliphatic rings. The van der Waals surface area contributed by atoms with Gasteiger partial charge in [-0.3, -0.25) is 4.68 Å². The Morgan fingerprint density at radius 1 is 1.21 bits per heavy atom. The van der Waals surface area contributed by atoms with E-state index < -0.39 is 18.2 Å². The maximum Gasteiger partial charge on any atom is 0.410 e. The van der Waals surface area contributed by atoms with Gasteiger partial charge in [0.1, 0.15) is 6.04 Å². The second-order valence-electron chi connectivity index (χ2n) is 6.16. The zero-order chi connectivity index (χ0) is 20.5. The molecule has 7 nitrogen and oxygen atoms in total. The number of carboxylic acid groups (broad SMARTS) is 1. The molecule has 2 N–H and O–H groups in total. The first-order chi connectivity index (χ1) is 13.1. The smallest absolute Gasteiger partial charge is 0.410 e. The molecule has 10 heteroatoms. The normalized spacial score (nSPS) is 12.6. The van der Waals surface area contributed by atoms with Gasteiger partial charge in [0, 0.05) is 18.0 Å². The number of carbonyl (C=O) groups is 1. The second-order valence-corrected chi connectivity index (χ2v) is 6.16. The Morgan fingerprint density at radius 3 is 2.50 bits per heavy atom. The molecule has 0 aliphatic carbocycles. The van der Waals surface area contributed by atoms with E-state index in [4.69, 9.17) is 5.11 Å². The molecule has 2 heterocycles. The van der Waals surface area contributed by atoms with Gasteiger partial charge >= 0.3 is 12.1 Å². The Bertz CT molecular complexity index is 999. The van der Waals surface area contributed by atoms with Crippen LogP contribution in [0.1, 0.15) is 28.9 Å². The van der Waals surface area contributed by atoms with Gasteiger partial charge in [0.2, 0.25) is 5.95 Å². The van der Waals surface area contributed by atoms with Crippen LogP contribution < -0.4 is 5.32 Å². The summed E-state index contributed by atoms with van der Waals surface area (Å²) in [4.78, 5) is 19.5. The van der Waals surface area contributed by atoms with Crippen LogP contribution in [0.3, 0.4) is 0 Å². The maximum atomic E-state index is 12.8. The van der Waals surface area contributed by atoms with Gasteiger partial charge in [-0.05, 0) is 31.5 Å². The van der Waals surface area contributed by atoms with Crippen molar-refractivity contribution >= 4 is 17.6 Å². The molecule has 0 saturated carbocycles. The molecule has 0 unspecified atom stereocenters. The van der Waals surface area contributed by atoms with Crippen LogP contribution in [0, 0.1) is 6.92 Å². The molecule has 0 amide bonds. The van der Waals surface area contributed by atoms with Crippen LogP contribution in [0.4, 0.5) is 24.8 Å². The molecule has 0 radical (unpaired) electrons. The van der Waals surface area contributed by atoms with Gasteiger partial charge < -0.3 is 10.4 Å². The lowest BCUT2D eigenvalue weighted by molar-refractivity contribution is -0.165. The molecule has 28 heavy (non-hydrogen) atoms. The number of hydrogen-bond acceptors (Lipinski definition) is 5. The van der Waals surface area contributed by atoms with Crippen molar-refractivity contribution in [3.8, 4) is 11.3 Å². The highest BCUT2D eigenvalue weighted by atomic mass is 19.4. The second kappa shape index (κ2) is 7.29. The number of nitrogens with one attached hydrogen (secondary N) is 1. The average Bonchev–Trinajstić information content (AvgIpc) is 3.10. The fourth-order valence-electron chi connectivity index (χ4n) is 2.46. The lowest BCUT2D eigenvalue weighted by Crippen LogP contribution is -2.23. The third kappa shape index (κ3) is 4.11. The summed E-state index contributed by atoms with van der Waals surface area (Å²) in [6.07, 6.45) is -0.354. The summed E-state index contributed by atoms with van der Waals surface area (Å²) in [6.45, 7) is 2.81. The fraction of sp³-hybridized carbons (Fsp3) is 0.222. The van der Waals surface area contributed by atoms with E-state index in [0.717, 1.165) is 17.2 Å². The molecule has 0 bridgehead atoms. The third-order valence-electron chi connectivity index (χ3n) is 4.11. The van der Waals surface area contributed by atoms with Crippen LogP contribution in [0.2, 0.25) is 0 Å². The van der Waals surface area contributed by atoms with E-state index in [1.54, 1.807) is 25.3 Å². The first-order valence-corrected chi connectivity index (χ1v) is 8.20. The Labute approximate surface area is 157 Å². The lowest BCUT2D eigenvalue weighted by atomic mass is 10.1. The Morgan fingerprint density at radius 2 is 1.89 bits per heavy atom. The number of anilines is 2. The summed E-state index contributed by atoms with van der Waals surface area (Å²) in [5.74, 6) is -0.847. The van der Waals surface area contributed by atoms with E-state index in [2.05, 4.69) is 20.4 Å². The summed E-state index contributed by atoms with van der Waals surface area (Å²) < 4.78 is 39.2. The highest BCUT2D eigenvalue weighted by Gasteiger charge is 2.37. The van der Waals surface area contributed by atoms with Crippen LogP contribution in [0.25, 0.3) is 11.3 Å². The van der Waals surface area contributed by atoms with E-state index in [-0.39, 0.29) is 11.5 Å². The molecule has 2 aromatic heterocycles. The van der Waals surface area contributed by atoms with Gasteiger partial charge in [-0.25, -0.2) is 14.8 Å². The van der Waals surface area contributed by atoms with Gasteiger partial charge in [-0.15, -0.1) is 0 Å². The van der Waals surface area contributed by atoms with Crippen molar-refractivity contribution in [3.63, 3.8) is 0 Å². The van der Waals surface area contributed by atoms with Gasteiger partial charge in [-0.2, -0.15) is 18.3 Å². The van der Waals surface area contributed by atoms with Gasteiger partial charge in [0.15, 0.2) is 0 Å². The van der Waals surface area contributed by atoms with Crippen molar-refractivity contribution in [3.05, 3.63) is 54.0 Å². The standard InChI is InChI=1S/C18H16F3N5O2/c1-10-7-22-17(24-14-8-23-26(9-14)11(2)18(19,20)21)25-15(10)12-3-5-13(6-4-12)16(27)28/h3-9,11H,1-2H3,(H,27,28)(H,22,24,25)/t11-/m1/s1. The van der Waals surface area contributed by atoms with E-state index in [9.17, 15) is 18.0 Å². The molecule has 0 spiro atoms. The monoisotopic (exact) mass is 391 g/mol. The Balaban J connectivity index is 1.84. The summed E-state index contributed by atoms with van der Waals surface area (Å²) in [6, 6.07) is 4.44. The third-order valence-corrected chi connectivity index (χ3v) is 4.11. The number of carboxylic acids is 1. The molecule has 3 aromatic rings. The minimum atomic E-state index is -4.40. The number of halogens is 3. The number of benzene rings is 1. The topological polar surface area (TPSA) is 92.9 Å². The van der Waals surface area contributed by atoms with Crippen molar-refractivity contribution < 1.29 is 23.1 Å². The van der Waals surface area contributed by atoms with E-state index >= 15 is 0 Å². The van der Waals surface area contributed by atoms with Crippen molar-refractivity contribution in [2.75, 3.05) is 5.32 Å². The Hall–Kier alpha value is -3.43. The van der Waals surface area contributed by atoms with E-state index in [0.29, 0.717) is 16.9 Å². The minimum absolute atomic E-state index is 0.153. The fourth-order valence-corrected chi connectivity index (χ4v) is 2.46. The highest BCUT2D eigenvalue weighted by Crippen LogP contribution is 2.30. The van der Waals surface area contributed by atoms with Crippen LogP contribution in [-0.4, -0.2) is 37.0 Å². The quantitative estimate of drug-likeness (QED) is 0.677. The van der Waals surface area contributed by atoms with Crippen molar-refractivity contribution in [1.29, 1.82) is 0 Å². The van der Waals surface area contributed by atoms with Crippen molar-refractivity contribution in [2.45, 2.75) is 26.1 Å². The molecule has 0 saturated heterocycles. The number of rotatable bonds is 5. The van der Waals surface area contributed by atoms with Crippen LogP contribution in [-0.2, 0) is 0 Å². The highest BCUT2D eigenvalue weighted by molar-refractivity contribution is 5.88. The zero-order valence-corrected chi connectivity index (χ0v) is 14.9. The molecule has 1 atom stereocenters. The van der Waals surface area contributed by atoms with Gasteiger partial charge in [-0.1, -0.05) is 12.1 Å². The summed E-state index contributed by atoms with van der Waals surface area (Å²) in [5.41, 5.74) is 2.49. The molecule has 3 rings (SSSR count). The van der Waals surface area contributed by atoms with Crippen LogP contribution >= 0.6 is 0 Å². The predicted octanol–water partition coefficient (Wildman–Crippen LogP) is 4.21. The molecule has 0 fully saturated rings. The molecular formula is C18H16F3N5O2. The Kier molecular flexibility index (Phi) is 5.04. The number of aryl methyl sites for hydroxylation is 1. The molecule has 1 aromatic carbocycles. The first kappa shape index (κ1) is 19.3. The largest absolute Gasteiger partial charge is 0.478 e. The van der Waals surface area contributed by atoms with E-state index in [1.165, 1.54) is 24.5 Å². The van der Waals surface area contributed by atoms with Crippen molar-refractivity contribution in [1.82, 2.24) is 19.7 Å². The number of hydrogen-bond donors (Lipinski definition) is 2. The number of alkyl halides is 3. The van der Waals surface area contributed by atoms with Crippen LogP contribution in [0.15, 0.2) is 42.9 Å². The molecule has 146 valence electrons. The molecular weight excluding hydrogens is 375 g/mol. The average molecular weight is 391 g/mol. The predicted molar refractivity (Wildman–Crippen MR) is 95.4 cm³/mol. The van der Waals surface area contributed by atoms with Gasteiger partial charge in [0.25, 0.3) is 0 Å². The zero-order valence-electron chi connectivity index (χ0n) is 14.9. The number of aromatic carboxylic acids is 1.